The molecule has 2 aliphatic carbocycles. The van der Waals surface area contributed by atoms with Gasteiger partial charge in [0.05, 0.1) is 11.8 Å². The molecule has 0 bridgehead atoms. The normalized spacial score (nSPS) is 24.9. The average Bonchev–Trinajstić information content (AvgIpc) is 2.83. The molecule has 1 saturated heterocycles. The van der Waals surface area contributed by atoms with Gasteiger partial charge >= 0.3 is 0 Å². The number of halogens is 4. The molecule has 1 fully saturated rings. The van der Waals surface area contributed by atoms with Crippen molar-refractivity contribution in [1.29, 1.82) is 0 Å². The van der Waals surface area contributed by atoms with E-state index in [9.17, 15) is 19.2 Å². The molecule has 5 nitrogen and oxygen atoms in total. The van der Waals surface area contributed by atoms with Gasteiger partial charge in [-0.15, -0.1) is 23.2 Å². The van der Waals surface area contributed by atoms with Gasteiger partial charge in [-0.1, -0.05) is 35.4 Å². The average molecular weight is 457 g/mol. The highest BCUT2D eigenvalue weighted by Gasteiger charge is 2.51. The lowest BCUT2D eigenvalue weighted by Crippen LogP contribution is -2.31. The summed E-state index contributed by atoms with van der Waals surface area (Å²) in [5.74, 6) is -1.43. The maximum atomic E-state index is 12.1. The maximum Gasteiger partial charge on any atom is 0.243 e. The molecule has 0 saturated carbocycles. The minimum absolute atomic E-state index is 0.121. The highest BCUT2D eigenvalue weighted by Crippen LogP contribution is 2.48. The van der Waals surface area contributed by atoms with Crippen molar-refractivity contribution in [1.82, 2.24) is 4.31 Å². The van der Waals surface area contributed by atoms with Crippen LogP contribution in [-0.2, 0) is 19.2 Å². The van der Waals surface area contributed by atoms with Crippen LogP contribution >= 0.6 is 58.4 Å². The second-order valence-electron chi connectivity index (χ2n) is 5.55. The number of rotatable bonds is 3. The highest BCUT2D eigenvalue weighted by molar-refractivity contribution is 8.02. The van der Waals surface area contributed by atoms with E-state index in [0.717, 1.165) is 4.31 Å². The smallest absolute Gasteiger partial charge is 0.243 e. The number of fused-ring (bicyclic) bond motifs is 1. The van der Waals surface area contributed by atoms with Gasteiger partial charge in [0.2, 0.25) is 15.5 Å². The van der Waals surface area contributed by atoms with Crippen molar-refractivity contribution in [2.75, 3.05) is 0 Å². The predicted molar refractivity (Wildman–Crippen MR) is 103 cm³/mol. The Hall–Kier alpha value is -0.790. The summed E-state index contributed by atoms with van der Waals surface area (Å²) in [6, 6.07) is 0. The number of imide groups is 1. The Kier molecular flexibility index (Phi) is 7.39. The molecule has 1 aliphatic heterocycles. The van der Waals surface area contributed by atoms with Crippen molar-refractivity contribution in [3.8, 4) is 0 Å². The number of carbonyl (C=O) groups is 4. The highest BCUT2D eigenvalue weighted by atomic mass is 35.5. The zero-order valence-electron chi connectivity index (χ0n) is 13.1. The van der Waals surface area contributed by atoms with Crippen molar-refractivity contribution in [2.24, 2.45) is 11.8 Å². The van der Waals surface area contributed by atoms with Crippen LogP contribution in [-0.4, -0.2) is 36.2 Å². The molecule has 0 radical (unpaired) electrons. The summed E-state index contributed by atoms with van der Waals surface area (Å²) in [7, 11) is 0. The Morgan fingerprint density at radius 1 is 0.885 bits per heavy atom. The minimum atomic E-state index is -1.63. The standard InChI is InChI=1S/C10H9Cl4NO2S.C6H4O2/c11-9(12)10(13,14)18-15-7(16)5-3-1-2-4-6(5)8(15)17;7-5-1-2-6(8)4-3-5/h1-2,5-6,9H,3-4H2;1-4H. The second-order valence-corrected chi connectivity index (χ2v) is 9.67. The van der Waals surface area contributed by atoms with Gasteiger partial charge in [-0.25, -0.2) is 4.31 Å². The van der Waals surface area contributed by atoms with Crippen LogP contribution in [0.4, 0.5) is 0 Å². The zero-order chi connectivity index (χ0) is 19.5. The van der Waals surface area contributed by atoms with Crippen LogP contribution in [0.15, 0.2) is 36.5 Å². The van der Waals surface area contributed by atoms with Crippen molar-refractivity contribution in [3.63, 3.8) is 0 Å². The SMILES string of the molecule is O=C1C2CC=CCC2C(=O)N1SC(Cl)(Cl)C(Cl)Cl.O=C1C=CC(=O)C=C1. The minimum Gasteiger partial charge on any atom is -0.290 e. The molecule has 10 heteroatoms. The van der Waals surface area contributed by atoms with E-state index in [2.05, 4.69) is 0 Å². The molecule has 2 unspecified atom stereocenters. The number of nitrogens with zero attached hydrogens (tertiary/aromatic N) is 1. The summed E-state index contributed by atoms with van der Waals surface area (Å²) < 4.78 is -0.630. The zero-order valence-corrected chi connectivity index (χ0v) is 17.0. The lowest BCUT2D eigenvalue weighted by atomic mass is 9.85. The quantitative estimate of drug-likeness (QED) is 0.212. The van der Waals surface area contributed by atoms with Crippen molar-refractivity contribution < 1.29 is 19.2 Å². The van der Waals surface area contributed by atoms with E-state index in [1.807, 2.05) is 12.2 Å². The first-order valence-electron chi connectivity index (χ1n) is 7.45. The number of ketones is 2. The molecular formula is C16H13Cl4NO4S. The molecular weight excluding hydrogens is 444 g/mol. The largest absolute Gasteiger partial charge is 0.290 e. The van der Waals surface area contributed by atoms with E-state index in [1.54, 1.807) is 0 Å². The van der Waals surface area contributed by atoms with Crippen LogP contribution in [0.2, 0.25) is 0 Å². The summed E-state index contributed by atoms with van der Waals surface area (Å²) in [5, 5.41) is 0. The van der Waals surface area contributed by atoms with Gasteiger partial charge in [0.1, 0.15) is 0 Å². The fraction of sp³-hybridized carbons (Fsp3) is 0.375. The number of allylic oxidation sites excluding steroid dienone is 6. The fourth-order valence-electron chi connectivity index (χ4n) is 2.46. The van der Waals surface area contributed by atoms with Gasteiger partial charge in [-0.05, 0) is 37.1 Å². The second kappa shape index (κ2) is 8.93. The third-order valence-electron chi connectivity index (χ3n) is 3.76. The summed E-state index contributed by atoms with van der Waals surface area (Å²) in [6.45, 7) is 0. The maximum absolute atomic E-state index is 12.1. The van der Waals surface area contributed by atoms with Crippen molar-refractivity contribution in [3.05, 3.63) is 36.5 Å². The van der Waals surface area contributed by atoms with Crippen LogP contribution in [0.5, 0.6) is 0 Å². The number of carbonyl (C=O) groups excluding carboxylic acids is 4. The fourth-order valence-corrected chi connectivity index (χ4v) is 3.89. The molecule has 0 N–H and O–H groups in total. The Labute approximate surface area is 174 Å². The van der Waals surface area contributed by atoms with E-state index >= 15 is 0 Å². The van der Waals surface area contributed by atoms with Gasteiger partial charge in [0, 0.05) is 11.9 Å². The van der Waals surface area contributed by atoms with E-state index in [4.69, 9.17) is 46.4 Å². The van der Waals surface area contributed by atoms with Crippen molar-refractivity contribution in [2.45, 2.75) is 21.3 Å². The lowest BCUT2D eigenvalue weighted by molar-refractivity contribution is -0.133. The Balaban J connectivity index is 0.000000254. The van der Waals surface area contributed by atoms with E-state index in [0.29, 0.717) is 24.8 Å². The third-order valence-corrected chi connectivity index (χ3v) is 6.99. The summed E-state index contributed by atoms with van der Waals surface area (Å²) in [5.41, 5.74) is 0. The molecule has 140 valence electrons. The molecule has 26 heavy (non-hydrogen) atoms. The summed E-state index contributed by atoms with van der Waals surface area (Å²) in [4.78, 5) is 43.6. The molecule has 3 aliphatic rings. The molecule has 2 amide bonds. The van der Waals surface area contributed by atoms with Crippen LogP contribution in [0, 0.1) is 11.8 Å². The molecule has 2 atom stereocenters. The van der Waals surface area contributed by atoms with Crippen LogP contribution in [0.1, 0.15) is 12.8 Å². The van der Waals surface area contributed by atoms with Crippen molar-refractivity contribution >= 4 is 81.7 Å². The number of hydrogen-bond donors (Lipinski definition) is 0. The van der Waals surface area contributed by atoms with Gasteiger partial charge < -0.3 is 0 Å². The van der Waals surface area contributed by atoms with Crippen LogP contribution in [0.3, 0.4) is 0 Å². The first kappa shape index (κ1) is 21.5. The topological polar surface area (TPSA) is 71.5 Å². The Bertz CT molecular complexity index is 653. The molecule has 3 rings (SSSR count). The van der Waals surface area contributed by atoms with Crippen LogP contribution in [0.25, 0.3) is 0 Å². The Morgan fingerprint density at radius 3 is 1.62 bits per heavy atom. The van der Waals surface area contributed by atoms with Crippen LogP contribution < -0.4 is 0 Å². The molecule has 0 aromatic carbocycles. The summed E-state index contributed by atoms with van der Waals surface area (Å²) >= 11 is 23.7. The first-order valence-corrected chi connectivity index (χ1v) is 9.85. The molecule has 0 spiro atoms. The monoisotopic (exact) mass is 455 g/mol. The number of hydrogen-bond acceptors (Lipinski definition) is 5. The molecule has 0 aromatic heterocycles. The van der Waals surface area contributed by atoms with Gasteiger partial charge in [0.25, 0.3) is 0 Å². The molecule has 0 aromatic rings. The number of alkyl halides is 4. The first-order chi connectivity index (χ1) is 12.1. The van der Waals surface area contributed by atoms with E-state index in [-0.39, 0.29) is 35.2 Å². The van der Waals surface area contributed by atoms with Gasteiger partial charge in [-0.3, -0.25) is 19.2 Å². The predicted octanol–water partition coefficient (Wildman–Crippen LogP) is 3.77. The van der Waals surface area contributed by atoms with Gasteiger partial charge in [0.15, 0.2) is 16.4 Å². The number of amides is 2. The third kappa shape index (κ3) is 5.14. The van der Waals surface area contributed by atoms with E-state index in [1.165, 1.54) is 24.3 Å². The van der Waals surface area contributed by atoms with E-state index < -0.39 is 8.50 Å². The summed E-state index contributed by atoms with van der Waals surface area (Å²) in [6.07, 6.45) is 9.95. The van der Waals surface area contributed by atoms with Gasteiger partial charge in [-0.2, -0.15) is 0 Å². The molecule has 1 heterocycles. The lowest BCUT2D eigenvalue weighted by Gasteiger charge is -2.24. The Morgan fingerprint density at radius 2 is 1.27 bits per heavy atom.